The van der Waals surface area contributed by atoms with Crippen LogP contribution in [0.15, 0.2) is 24.3 Å². The quantitative estimate of drug-likeness (QED) is 0.848. The molecule has 3 atom stereocenters. The van der Waals surface area contributed by atoms with Crippen LogP contribution < -0.4 is 10.9 Å². The molecule has 5 nitrogen and oxygen atoms in total. The summed E-state index contributed by atoms with van der Waals surface area (Å²) in [7, 11) is 0. The number of fused-ring (bicyclic) bond motifs is 1. The molecule has 0 bridgehead atoms. The smallest absolute Gasteiger partial charge is 0.241 e. The summed E-state index contributed by atoms with van der Waals surface area (Å²) in [5.74, 6) is 0.264. The normalized spacial score (nSPS) is 31.0. The van der Waals surface area contributed by atoms with Crippen molar-refractivity contribution in [1.82, 2.24) is 20.7 Å². The number of rotatable bonds is 2. The molecule has 2 N–H and O–H groups in total. The number of nitrogens with one attached hydrogen (secondary N) is 2. The second-order valence-electron chi connectivity index (χ2n) is 7.50. The highest BCUT2D eigenvalue weighted by Crippen LogP contribution is 2.25. The highest BCUT2D eigenvalue weighted by molar-refractivity contribution is 5.82. The van der Waals surface area contributed by atoms with Gasteiger partial charge in [0, 0.05) is 38.3 Å². The molecular weight excluding hydrogens is 300 g/mol. The average Bonchev–Trinajstić information content (AvgIpc) is 3.07. The summed E-state index contributed by atoms with van der Waals surface area (Å²) in [6.07, 6.45) is 4.49. The number of benzene rings is 1. The Morgan fingerprint density at radius 2 is 1.83 bits per heavy atom. The Labute approximate surface area is 144 Å². The lowest BCUT2D eigenvalue weighted by Crippen LogP contribution is -2.56. The first kappa shape index (κ1) is 16.1. The SMILES string of the molecule is CC1CC(C(=O)N2CCN(C3CCc4ccccc4C3)CC2)NN1. The van der Waals surface area contributed by atoms with Gasteiger partial charge in [-0.15, -0.1) is 0 Å². The minimum Gasteiger partial charge on any atom is -0.339 e. The summed E-state index contributed by atoms with van der Waals surface area (Å²) in [5, 5.41) is 0. The number of aryl methyl sites for hydroxylation is 1. The predicted molar refractivity (Wildman–Crippen MR) is 94.5 cm³/mol. The van der Waals surface area contributed by atoms with E-state index in [-0.39, 0.29) is 11.9 Å². The molecule has 24 heavy (non-hydrogen) atoms. The Bertz CT molecular complexity index is 597. The van der Waals surface area contributed by atoms with Crippen LogP contribution in [-0.4, -0.2) is 60.0 Å². The summed E-state index contributed by atoms with van der Waals surface area (Å²) in [4.78, 5) is 17.2. The predicted octanol–water partition coefficient (Wildman–Crippen LogP) is 0.943. The Hall–Kier alpha value is -1.43. The van der Waals surface area contributed by atoms with Gasteiger partial charge in [-0.25, -0.2) is 5.43 Å². The summed E-state index contributed by atoms with van der Waals surface area (Å²) in [5.41, 5.74) is 9.33. The summed E-state index contributed by atoms with van der Waals surface area (Å²) >= 11 is 0. The Morgan fingerprint density at radius 1 is 1.08 bits per heavy atom. The van der Waals surface area contributed by atoms with Crippen LogP contribution in [0.3, 0.4) is 0 Å². The molecule has 3 unspecified atom stereocenters. The van der Waals surface area contributed by atoms with Gasteiger partial charge in [-0.3, -0.25) is 15.1 Å². The maximum Gasteiger partial charge on any atom is 0.241 e. The first-order valence-corrected chi connectivity index (χ1v) is 9.31. The molecule has 1 aromatic carbocycles. The van der Waals surface area contributed by atoms with E-state index >= 15 is 0 Å². The van der Waals surface area contributed by atoms with Crippen LogP contribution in [0.4, 0.5) is 0 Å². The van der Waals surface area contributed by atoms with Gasteiger partial charge in [0.2, 0.25) is 5.91 Å². The number of carbonyl (C=O) groups is 1. The van der Waals surface area contributed by atoms with Crippen molar-refractivity contribution in [3.05, 3.63) is 35.4 Å². The average molecular weight is 328 g/mol. The molecule has 5 heteroatoms. The molecule has 3 aliphatic rings. The third-order valence-electron chi connectivity index (χ3n) is 5.85. The number of hydrazine groups is 1. The molecule has 2 fully saturated rings. The molecule has 0 radical (unpaired) electrons. The van der Waals surface area contributed by atoms with E-state index in [0.717, 1.165) is 39.0 Å². The van der Waals surface area contributed by atoms with E-state index in [0.29, 0.717) is 12.1 Å². The second kappa shape index (κ2) is 6.82. The zero-order chi connectivity index (χ0) is 16.5. The van der Waals surface area contributed by atoms with Crippen molar-refractivity contribution in [1.29, 1.82) is 0 Å². The van der Waals surface area contributed by atoms with Crippen molar-refractivity contribution in [3.63, 3.8) is 0 Å². The monoisotopic (exact) mass is 328 g/mol. The van der Waals surface area contributed by atoms with Crippen molar-refractivity contribution >= 4 is 5.91 Å². The van der Waals surface area contributed by atoms with Gasteiger partial charge in [-0.1, -0.05) is 24.3 Å². The van der Waals surface area contributed by atoms with Crippen molar-refractivity contribution in [2.45, 2.75) is 50.7 Å². The lowest BCUT2D eigenvalue weighted by molar-refractivity contribution is -0.135. The van der Waals surface area contributed by atoms with Gasteiger partial charge in [-0.05, 0) is 43.7 Å². The fourth-order valence-electron chi connectivity index (χ4n) is 4.39. The van der Waals surface area contributed by atoms with Gasteiger partial charge in [0.05, 0.1) is 0 Å². The van der Waals surface area contributed by atoms with Gasteiger partial charge in [0.15, 0.2) is 0 Å². The fraction of sp³-hybridized carbons (Fsp3) is 0.632. The molecule has 1 aromatic rings. The number of nitrogens with zero attached hydrogens (tertiary/aromatic N) is 2. The molecule has 0 saturated carbocycles. The number of piperazine rings is 1. The minimum absolute atomic E-state index is 0.0480. The van der Waals surface area contributed by atoms with Crippen molar-refractivity contribution in [3.8, 4) is 0 Å². The zero-order valence-electron chi connectivity index (χ0n) is 14.5. The highest BCUT2D eigenvalue weighted by atomic mass is 16.2. The van der Waals surface area contributed by atoms with E-state index in [1.165, 1.54) is 24.0 Å². The van der Waals surface area contributed by atoms with Gasteiger partial charge >= 0.3 is 0 Å². The van der Waals surface area contributed by atoms with Gasteiger partial charge in [0.25, 0.3) is 0 Å². The van der Waals surface area contributed by atoms with Crippen molar-refractivity contribution in [2.75, 3.05) is 26.2 Å². The van der Waals surface area contributed by atoms with E-state index in [1.807, 2.05) is 4.90 Å². The number of hydrogen-bond donors (Lipinski definition) is 2. The lowest BCUT2D eigenvalue weighted by Gasteiger charge is -2.41. The van der Waals surface area contributed by atoms with Gasteiger partial charge < -0.3 is 4.90 Å². The first-order valence-electron chi connectivity index (χ1n) is 9.31. The maximum atomic E-state index is 12.6. The number of amides is 1. The van der Waals surface area contributed by atoms with E-state index in [2.05, 4.69) is 46.9 Å². The molecule has 2 aliphatic heterocycles. The minimum atomic E-state index is -0.0480. The molecule has 1 aliphatic carbocycles. The van der Waals surface area contributed by atoms with Gasteiger partial charge in [-0.2, -0.15) is 0 Å². The van der Waals surface area contributed by atoms with E-state index in [4.69, 9.17) is 0 Å². The molecule has 1 amide bonds. The molecule has 0 spiro atoms. The molecule has 2 saturated heterocycles. The van der Waals surface area contributed by atoms with Crippen LogP contribution in [0, 0.1) is 0 Å². The van der Waals surface area contributed by atoms with Crippen molar-refractivity contribution < 1.29 is 4.79 Å². The third-order valence-corrected chi connectivity index (χ3v) is 5.85. The topological polar surface area (TPSA) is 47.6 Å². The van der Waals surface area contributed by atoms with E-state index in [9.17, 15) is 4.79 Å². The lowest BCUT2D eigenvalue weighted by atomic mass is 9.87. The van der Waals surface area contributed by atoms with Crippen LogP contribution in [0.5, 0.6) is 0 Å². The summed E-state index contributed by atoms with van der Waals surface area (Å²) < 4.78 is 0. The molecule has 2 heterocycles. The van der Waals surface area contributed by atoms with Gasteiger partial charge in [0.1, 0.15) is 6.04 Å². The van der Waals surface area contributed by atoms with E-state index < -0.39 is 0 Å². The third kappa shape index (κ3) is 3.21. The standard InChI is InChI=1S/C19H28N4O/c1-14-12-18(21-20-14)19(24)23-10-8-22(9-11-23)17-7-6-15-4-2-3-5-16(15)13-17/h2-5,14,17-18,20-21H,6-13H2,1H3. The van der Waals surface area contributed by atoms with Crippen LogP contribution >= 0.6 is 0 Å². The Kier molecular flexibility index (Phi) is 4.57. The Balaban J connectivity index is 1.31. The first-order chi connectivity index (χ1) is 11.7. The van der Waals surface area contributed by atoms with Crippen molar-refractivity contribution in [2.24, 2.45) is 0 Å². The zero-order valence-corrected chi connectivity index (χ0v) is 14.5. The van der Waals surface area contributed by atoms with E-state index in [1.54, 1.807) is 0 Å². The van der Waals surface area contributed by atoms with Crippen LogP contribution in [0.25, 0.3) is 0 Å². The molecule has 0 aromatic heterocycles. The molecular formula is C19H28N4O. The van der Waals surface area contributed by atoms with Crippen LogP contribution in [-0.2, 0) is 17.6 Å². The second-order valence-corrected chi connectivity index (χ2v) is 7.50. The Morgan fingerprint density at radius 3 is 2.54 bits per heavy atom. The highest BCUT2D eigenvalue weighted by Gasteiger charge is 2.33. The molecule has 4 rings (SSSR count). The van der Waals surface area contributed by atoms with Crippen LogP contribution in [0.1, 0.15) is 30.9 Å². The number of hydrogen-bond acceptors (Lipinski definition) is 4. The summed E-state index contributed by atoms with van der Waals surface area (Å²) in [6, 6.07) is 9.82. The van der Waals surface area contributed by atoms with Crippen LogP contribution in [0.2, 0.25) is 0 Å². The number of carbonyl (C=O) groups excluding carboxylic acids is 1. The summed E-state index contributed by atoms with van der Waals surface area (Å²) in [6.45, 7) is 5.86. The maximum absolute atomic E-state index is 12.6. The largest absolute Gasteiger partial charge is 0.339 e. The molecule has 130 valence electrons. The fourth-order valence-corrected chi connectivity index (χ4v) is 4.39.